The lowest BCUT2D eigenvalue weighted by atomic mass is 9.86. The minimum absolute atomic E-state index is 0.144. The maximum Gasteiger partial charge on any atom is 0.459 e. The maximum absolute atomic E-state index is 13.7. The molecule has 1 spiro atoms. The molecule has 0 bridgehead atoms. The summed E-state index contributed by atoms with van der Waals surface area (Å²) in [6.45, 7) is 1.53. The highest BCUT2D eigenvalue weighted by molar-refractivity contribution is 7.52. The van der Waals surface area contributed by atoms with Crippen molar-refractivity contribution in [3.63, 3.8) is 0 Å². The summed E-state index contributed by atoms with van der Waals surface area (Å²) in [5, 5.41) is 13.8. The van der Waals surface area contributed by atoms with Crippen molar-refractivity contribution in [1.82, 2.24) is 24.6 Å². The predicted molar refractivity (Wildman–Crippen MR) is 130 cm³/mol. The van der Waals surface area contributed by atoms with E-state index in [9.17, 15) is 14.5 Å². The Morgan fingerprint density at radius 1 is 1.32 bits per heavy atom. The van der Waals surface area contributed by atoms with Crippen molar-refractivity contribution in [3.8, 4) is 11.8 Å². The van der Waals surface area contributed by atoms with Crippen LogP contribution in [0.2, 0.25) is 0 Å². The minimum Gasteiger partial charge on any atom is -0.468 e. The lowest BCUT2D eigenvalue weighted by Crippen LogP contribution is -2.56. The molecule has 2 saturated heterocycles. The Kier molecular flexibility index (Phi) is 7.36. The van der Waals surface area contributed by atoms with Crippen LogP contribution >= 0.6 is 7.75 Å². The van der Waals surface area contributed by atoms with Crippen molar-refractivity contribution in [2.75, 3.05) is 27.4 Å². The van der Waals surface area contributed by atoms with E-state index in [0.29, 0.717) is 24.2 Å². The van der Waals surface area contributed by atoms with Gasteiger partial charge >= 0.3 is 19.7 Å². The summed E-state index contributed by atoms with van der Waals surface area (Å²) in [6, 6.07) is 7.48. The average Bonchev–Trinajstić information content (AvgIpc) is 3.44. The van der Waals surface area contributed by atoms with E-state index in [0.717, 1.165) is 0 Å². The molecule has 2 N–H and O–H groups in total. The molecule has 2 fully saturated rings. The summed E-state index contributed by atoms with van der Waals surface area (Å²) >= 11 is 0. The molecule has 3 aromatic rings. The number of hydrogen-bond acceptors (Lipinski definition) is 12. The zero-order valence-corrected chi connectivity index (χ0v) is 21.8. The Bertz CT molecular complexity index is 1340. The molecular weight excluding hydrogens is 521 g/mol. The van der Waals surface area contributed by atoms with Gasteiger partial charge in [-0.3, -0.25) is 13.9 Å². The third-order valence-corrected chi connectivity index (χ3v) is 8.09. The number of aliphatic hydroxyl groups is 1. The molecule has 5 rings (SSSR count). The monoisotopic (exact) mass is 549 g/mol. The molecular formula is C23H28N5O9P. The second-order valence-electron chi connectivity index (χ2n) is 8.81. The number of methoxy groups -OCH3 is 2. The SMILES string of the molecule is COC(=O)[C@H](C)NP(=O)(OC[C@H]1O[C@@H](n2cnc3cnc(OC)nc32)[C@@]2(CCO2)[C@@H]1O)Oc1ccccc1. The van der Waals surface area contributed by atoms with Crippen LogP contribution in [0.5, 0.6) is 11.8 Å². The van der Waals surface area contributed by atoms with E-state index in [1.807, 2.05) is 0 Å². The number of imidazole rings is 1. The number of carbonyl (C=O) groups excluding carboxylic acids is 1. The van der Waals surface area contributed by atoms with Gasteiger partial charge in [-0.1, -0.05) is 18.2 Å². The zero-order valence-electron chi connectivity index (χ0n) is 20.9. The van der Waals surface area contributed by atoms with Gasteiger partial charge in [0.25, 0.3) is 0 Å². The van der Waals surface area contributed by atoms with E-state index in [-0.39, 0.29) is 18.4 Å². The molecule has 15 heteroatoms. The fourth-order valence-corrected chi connectivity index (χ4v) is 5.94. The van der Waals surface area contributed by atoms with Crippen LogP contribution in [-0.2, 0) is 28.1 Å². The van der Waals surface area contributed by atoms with Gasteiger partial charge in [0.2, 0.25) is 0 Å². The quantitative estimate of drug-likeness (QED) is 0.277. The summed E-state index contributed by atoms with van der Waals surface area (Å²) < 4.78 is 48.6. The van der Waals surface area contributed by atoms with E-state index in [1.54, 1.807) is 34.9 Å². The molecule has 2 aliphatic heterocycles. The van der Waals surface area contributed by atoms with E-state index >= 15 is 0 Å². The van der Waals surface area contributed by atoms with Gasteiger partial charge < -0.3 is 28.6 Å². The van der Waals surface area contributed by atoms with Crippen LogP contribution in [0.15, 0.2) is 42.9 Å². The van der Waals surface area contributed by atoms with Gasteiger partial charge in [-0.15, -0.1) is 0 Å². The fourth-order valence-electron chi connectivity index (χ4n) is 4.44. The van der Waals surface area contributed by atoms with Crippen molar-refractivity contribution in [2.45, 2.75) is 43.4 Å². The molecule has 204 valence electrons. The molecule has 6 atom stereocenters. The molecule has 0 saturated carbocycles. The number of aliphatic hydroxyl groups excluding tert-OH is 1. The standard InChI is InChI=1S/C23H28N5O9P/c1-14(20(30)32-2)27-38(31,37-15-7-5-4-6-8-15)35-12-17-18(29)23(9-10-34-23)21(36-17)28-13-25-16-11-24-22(33-3)26-19(16)28/h4-8,11,13-14,17-18,21,29H,9-10,12H2,1-3H3,(H,27,31)/t14-,17+,18+,21+,23+,38?/m0/s1. The van der Waals surface area contributed by atoms with Gasteiger partial charge in [-0.2, -0.15) is 10.1 Å². The number of rotatable bonds is 10. The molecule has 38 heavy (non-hydrogen) atoms. The summed E-state index contributed by atoms with van der Waals surface area (Å²) in [5.41, 5.74) is -0.173. The summed E-state index contributed by atoms with van der Waals surface area (Å²) in [4.78, 5) is 24.7. The minimum atomic E-state index is -4.14. The normalized spacial score (nSPS) is 27.0. The molecule has 2 aromatic heterocycles. The Morgan fingerprint density at radius 2 is 2.08 bits per heavy atom. The van der Waals surface area contributed by atoms with Crippen LogP contribution in [-0.4, -0.2) is 81.9 Å². The van der Waals surface area contributed by atoms with Crippen molar-refractivity contribution < 1.29 is 42.5 Å². The number of esters is 1. The highest BCUT2D eigenvalue weighted by atomic mass is 31.2. The number of benzene rings is 1. The third kappa shape index (κ3) is 4.86. The van der Waals surface area contributed by atoms with Gasteiger partial charge in [0, 0.05) is 6.42 Å². The zero-order chi connectivity index (χ0) is 26.9. The Balaban J connectivity index is 1.38. The van der Waals surface area contributed by atoms with Gasteiger partial charge in [-0.05, 0) is 19.1 Å². The number of fused-ring (bicyclic) bond motifs is 1. The lowest BCUT2D eigenvalue weighted by molar-refractivity contribution is -0.225. The molecule has 2 aliphatic rings. The van der Waals surface area contributed by atoms with Gasteiger partial charge in [0.05, 0.1) is 40.0 Å². The van der Waals surface area contributed by atoms with Crippen molar-refractivity contribution in [2.24, 2.45) is 0 Å². The number of nitrogens with zero attached hydrogens (tertiary/aromatic N) is 4. The first-order valence-corrected chi connectivity index (χ1v) is 13.4. The van der Waals surface area contributed by atoms with Crippen LogP contribution in [0.4, 0.5) is 0 Å². The van der Waals surface area contributed by atoms with Gasteiger partial charge in [0.15, 0.2) is 11.9 Å². The summed E-state index contributed by atoms with van der Waals surface area (Å²) in [7, 11) is -1.48. The second kappa shape index (κ2) is 10.6. The largest absolute Gasteiger partial charge is 0.468 e. The van der Waals surface area contributed by atoms with Crippen molar-refractivity contribution >= 4 is 24.9 Å². The topological polar surface area (TPSA) is 165 Å². The molecule has 1 unspecified atom stereocenters. The smallest absolute Gasteiger partial charge is 0.459 e. The Hall–Kier alpha value is -3.13. The third-order valence-electron chi connectivity index (χ3n) is 6.45. The van der Waals surface area contributed by atoms with E-state index in [1.165, 1.54) is 33.7 Å². The molecule has 1 aromatic carbocycles. The summed E-state index contributed by atoms with van der Waals surface area (Å²) in [5.74, 6) is -0.405. The highest BCUT2D eigenvalue weighted by Crippen LogP contribution is 2.51. The summed E-state index contributed by atoms with van der Waals surface area (Å²) in [6.07, 6.45) is 0.596. The van der Waals surface area contributed by atoms with Crippen molar-refractivity contribution in [1.29, 1.82) is 0 Å². The molecule has 0 amide bonds. The van der Waals surface area contributed by atoms with E-state index in [4.69, 9.17) is 28.0 Å². The molecule has 14 nitrogen and oxygen atoms in total. The number of ether oxygens (including phenoxy) is 4. The van der Waals surface area contributed by atoms with E-state index in [2.05, 4.69) is 20.0 Å². The fraction of sp³-hybridized carbons (Fsp3) is 0.478. The van der Waals surface area contributed by atoms with Crippen LogP contribution in [0.1, 0.15) is 19.6 Å². The Labute approximate surface area is 217 Å². The van der Waals surface area contributed by atoms with Gasteiger partial charge in [-0.25, -0.2) is 14.5 Å². The molecule has 0 radical (unpaired) electrons. The second-order valence-corrected chi connectivity index (χ2v) is 10.5. The Morgan fingerprint density at radius 3 is 2.74 bits per heavy atom. The first-order chi connectivity index (χ1) is 18.3. The lowest BCUT2D eigenvalue weighted by Gasteiger charge is -2.44. The number of hydrogen-bond donors (Lipinski definition) is 2. The van der Waals surface area contributed by atoms with Crippen LogP contribution in [0.3, 0.4) is 0 Å². The van der Waals surface area contributed by atoms with E-state index < -0.39 is 43.8 Å². The van der Waals surface area contributed by atoms with Crippen molar-refractivity contribution in [3.05, 3.63) is 42.9 Å². The number of aromatic nitrogens is 4. The number of nitrogens with one attached hydrogen (secondary N) is 1. The number of para-hydroxylation sites is 1. The van der Waals surface area contributed by atoms with Gasteiger partial charge in [0.1, 0.15) is 35.1 Å². The number of carbonyl (C=O) groups is 1. The first kappa shape index (κ1) is 26.5. The molecule has 4 heterocycles. The molecule has 0 aliphatic carbocycles. The average molecular weight is 549 g/mol. The van der Waals surface area contributed by atoms with Crippen LogP contribution in [0, 0.1) is 0 Å². The van der Waals surface area contributed by atoms with Crippen LogP contribution < -0.4 is 14.3 Å². The maximum atomic E-state index is 13.7. The predicted octanol–water partition coefficient (Wildman–Crippen LogP) is 1.61. The first-order valence-electron chi connectivity index (χ1n) is 11.8. The van der Waals surface area contributed by atoms with Crippen LogP contribution in [0.25, 0.3) is 11.2 Å². The highest BCUT2D eigenvalue weighted by Gasteiger charge is 2.62.